The van der Waals surface area contributed by atoms with Crippen molar-refractivity contribution in [3.8, 4) is 5.69 Å². The van der Waals surface area contributed by atoms with Gasteiger partial charge in [0.25, 0.3) is 0 Å². The third kappa shape index (κ3) is 3.97. The predicted molar refractivity (Wildman–Crippen MR) is 213 cm³/mol. The Labute approximate surface area is 291 Å². The number of aromatic nitrogens is 1. The van der Waals surface area contributed by atoms with Gasteiger partial charge in [-0.25, -0.2) is 0 Å². The van der Waals surface area contributed by atoms with Gasteiger partial charge < -0.3 is 13.9 Å². The van der Waals surface area contributed by atoms with Gasteiger partial charge in [-0.05, 0) is 78.2 Å². The summed E-state index contributed by atoms with van der Waals surface area (Å²) in [5.41, 5.74) is 8.72. The van der Waals surface area contributed by atoms with Gasteiger partial charge in [0.2, 0.25) is 0 Å². The van der Waals surface area contributed by atoms with E-state index in [0.29, 0.717) is 0 Å². The van der Waals surface area contributed by atoms with E-state index in [1.165, 1.54) is 47.4 Å². The van der Waals surface area contributed by atoms with Crippen molar-refractivity contribution in [2.24, 2.45) is 0 Å². The van der Waals surface area contributed by atoms with E-state index in [9.17, 15) is 0 Å². The third-order valence-electron chi connectivity index (χ3n) is 10.1. The minimum atomic E-state index is 0.896. The van der Waals surface area contributed by atoms with Crippen molar-refractivity contribution in [2.75, 3.05) is 4.90 Å². The predicted octanol–water partition coefficient (Wildman–Crippen LogP) is 13.7. The van der Waals surface area contributed by atoms with Crippen molar-refractivity contribution < 1.29 is 4.42 Å². The second-order valence-corrected chi connectivity index (χ2v) is 14.0. The number of rotatable bonds is 4. The number of para-hydroxylation sites is 3. The summed E-state index contributed by atoms with van der Waals surface area (Å²) in [7, 11) is 0. The van der Waals surface area contributed by atoms with E-state index < -0.39 is 0 Å². The zero-order valence-electron chi connectivity index (χ0n) is 26.9. The molecule has 0 aliphatic heterocycles. The van der Waals surface area contributed by atoms with E-state index in [0.717, 1.165) is 50.1 Å². The molecule has 0 radical (unpaired) electrons. The molecule has 0 saturated carbocycles. The van der Waals surface area contributed by atoms with Crippen LogP contribution < -0.4 is 4.90 Å². The first-order chi connectivity index (χ1) is 24.8. The van der Waals surface area contributed by atoms with E-state index >= 15 is 0 Å². The summed E-state index contributed by atoms with van der Waals surface area (Å²) in [6.45, 7) is 0. The van der Waals surface area contributed by atoms with E-state index in [4.69, 9.17) is 4.42 Å². The maximum absolute atomic E-state index is 6.45. The molecular formula is C46H28N2OS. The lowest BCUT2D eigenvalue weighted by Gasteiger charge is -2.27. The van der Waals surface area contributed by atoms with Crippen LogP contribution in [0.4, 0.5) is 17.1 Å². The highest BCUT2D eigenvalue weighted by atomic mass is 32.1. The number of nitrogens with zero attached hydrogens (tertiary/aromatic N) is 2. The molecule has 3 heterocycles. The number of hydrogen-bond donors (Lipinski definition) is 0. The molecule has 0 bridgehead atoms. The van der Waals surface area contributed by atoms with Gasteiger partial charge >= 0.3 is 0 Å². The smallest absolute Gasteiger partial charge is 0.136 e. The maximum Gasteiger partial charge on any atom is 0.136 e. The molecule has 3 aromatic heterocycles. The maximum atomic E-state index is 6.45. The Bertz CT molecular complexity index is 3110. The second-order valence-electron chi connectivity index (χ2n) is 12.9. The number of fused-ring (bicyclic) bond motifs is 10. The fourth-order valence-corrected chi connectivity index (χ4v) is 9.15. The van der Waals surface area contributed by atoms with Crippen molar-refractivity contribution in [1.29, 1.82) is 0 Å². The van der Waals surface area contributed by atoms with Crippen LogP contribution in [-0.2, 0) is 0 Å². The molecule has 11 rings (SSSR count). The number of thiophene rings is 1. The van der Waals surface area contributed by atoms with Gasteiger partial charge in [-0.1, -0.05) is 97.1 Å². The van der Waals surface area contributed by atoms with Crippen LogP contribution in [-0.4, -0.2) is 4.57 Å². The Morgan fingerprint density at radius 3 is 2.08 bits per heavy atom. The Kier molecular flexibility index (Phi) is 5.83. The molecule has 234 valence electrons. The Balaban J connectivity index is 1.23. The summed E-state index contributed by atoms with van der Waals surface area (Å²) in [6, 6.07) is 61.3. The SMILES string of the molecule is c1ccc(-n2c3ccccc3c3cc(N(c4cccc5cc6c(cc45)oc4ccccc46)c4cccc5c4sc4ccccc45)ccc32)cc1. The lowest BCUT2D eigenvalue weighted by atomic mass is 10.0. The van der Waals surface area contributed by atoms with Crippen LogP contribution in [0, 0.1) is 0 Å². The summed E-state index contributed by atoms with van der Waals surface area (Å²) in [5.74, 6) is 0. The van der Waals surface area contributed by atoms with Crippen molar-refractivity contribution in [2.45, 2.75) is 0 Å². The van der Waals surface area contributed by atoms with Crippen LogP contribution >= 0.6 is 11.3 Å². The average molecular weight is 657 g/mol. The third-order valence-corrected chi connectivity index (χ3v) is 11.4. The lowest BCUT2D eigenvalue weighted by Crippen LogP contribution is -2.10. The van der Waals surface area contributed by atoms with Gasteiger partial charge in [-0.15, -0.1) is 11.3 Å². The molecular weight excluding hydrogens is 629 g/mol. The van der Waals surface area contributed by atoms with Crippen molar-refractivity contribution in [3.05, 3.63) is 170 Å². The Morgan fingerprint density at radius 2 is 1.16 bits per heavy atom. The monoisotopic (exact) mass is 656 g/mol. The summed E-state index contributed by atoms with van der Waals surface area (Å²) in [6.07, 6.45) is 0. The summed E-state index contributed by atoms with van der Waals surface area (Å²) >= 11 is 1.86. The molecule has 0 fully saturated rings. The van der Waals surface area contributed by atoms with E-state index in [1.54, 1.807) is 0 Å². The molecule has 3 nitrogen and oxygen atoms in total. The second kappa shape index (κ2) is 10.6. The van der Waals surface area contributed by atoms with E-state index in [1.807, 2.05) is 17.4 Å². The van der Waals surface area contributed by atoms with Gasteiger partial charge in [0, 0.05) is 53.8 Å². The van der Waals surface area contributed by atoms with Crippen LogP contribution in [0.3, 0.4) is 0 Å². The highest BCUT2D eigenvalue weighted by Gasteiger charge is 2.22. The molecule has 11 aromatic rings. The highest BCUT2D eigenvalue weighted by Crippen LogP contribution is 2.48. The molecule has 0 amide bonds. The minimum absolute atomic E-state index is 0.896. The topological polar surface area (TPSA) is 21.3 Å². The molecule has 4 heteroatoms. The van der Waals surface area contributed by atoms with Crippen molar-refractivity contribution in [1.82, 2.24) is 4.57 Å². The standard InChI is InChI=1S/C46H28N2OS/c1-2-13-30(14-3-1)47-39-19-7-4-15-32(39)37-27-31(24-25-41(37)47)48(42-21-11-18-35-34-17-6-9-23-45(34)50-46(35)42)40-20-10-12-29-26-38-33-16-5-8-22-43(33)49-44(38)28-36(29)40/h1-28H. The van der Waals surface area contributed by atoms with Gasteiger partial charge in [-0.2, -0.15) is 0 Å². The minimum Gasteiger partial charge on any atom is -0.456 e. The van der Waals surface area contributed by atoms with Crippen LogP contribution in [0.5, 0.6) is 0 Å². The zero-order chi connectivity index (χ0) is 32.8. The fourth-order valence-electron chi connectivity index (χ4n) is 7.95. The van der Waals surface area contributed by atoms with Crippen LogP contribution in [0.2, 0.25) is 0 Å². The number of benzene rings is 8. The Hall–Kier alpha value is -6.36. The molecule has 50 heavy (non-hydrogen) atoms. The summed E-state index contributed by atoms with van der Waals surface area (Å²) in [4.78, 5) is 2.46. The molecule has 0 atom stereocenters. The van der Waals surface area contributed by atoms with Crippen LogP contribution in [0.15, 0.2) is 174 Å². The first kappa shape index (κ1) is 27.6. The summed E-state index contributed by atoms with van der Waals surface area (Å²) < 4.78 is 11.4. The van der Waals surface area contributed by atoms with Crippen LogP contribution in [0.25, 0.3) is 80.4 Å². The zero-order valence-corrected chi connectivity index (χ0v) is 27.7. The van der Waals surface area contributed by atoms with Crippen LogP contribution in [0.1, 0.15) is 0 Å². The molecule has 0 aliphatic carbocycles. The van der Waals surface area contributed by atoms with Crippen molar-refractivity contribution in [3.63, 3.8) is 0 Å². The quantitative estimate of drug-likeness (QED) is 0.188. The van der Waals surface area contributed by atoms with Gasteiger partial charge in [0.15, 0.2) is 0 Å². The van der Waals surface area contributed by atoms with Gasteiger partial charge in [0.05, 0.1) is 27.1 Å². The molecule has 0 N–H and O–H groups in total. The van der Waals surface area contributed by atoms with E-state index in [2.05, 4.69) is 173 Å². The summed E-state index contributed by atoms with van der Waals surface area (Å²) in [5, 5.41) is 9.61. The average Bonchev–Trinajstić information content (AvgIpc) is 3.84. The first-order valence-corrected chi connectivity index (χ1v) is 17.7. The number of furan rings is 1. The number of hydrogen-bond acceptors (Lipinski definition) is 3. The highest BCUT2D eigenvalue weighted by molar-refractivity contribution is 7.26. The largest absolute Gasteiger partial charge is 0.456 e. The molecule has 0 saturated heterocycles. The van der Waals surface area contributed by atoms with E-state index in [-0.39, 0.29) is 0 Å². The fraction of sp³-hybridized carbons (Fsp3) is 0. The molecule has 0 unspecified atom stereocenters. The first-order valence-electron chi connectivity index (χ1n) is 16.9. The van der Waals surface area contributed by atoms with Gasteiger partial charge in [0.1, 0.15) is 11.2 Å². The molecule has 0 aliphatic rings. The normalized spacial score (nSPS) is 12.0. The molecule has 8 aromatic carbocycles. The van der Waals surface area contributed by atoms with Gasteiger partial charge in [-0.3, -0.25) is 0 Å². The molecule has 0 spiro atoms. The number of anilines is 3. The van der Waals surface area contributed by atoms with Crippen molar-refractivity contribution >= 4 is 103 Å². The lowest BCUT2D eigenvalue weighted by molar-refractivity contribution is 0.669. The Morgan fingerprint density at radius 1 is 0.440 bits per heavy atom.